The van der Waals surface area contributed by atoms with Crippen molar-refractivity contribution in [2.45, 2.75) is 25.8 Å². The number of hydrogen-bond donors (Lipinski definition) is 0. The van der Waals surface area contributed by atoms with Crippen LogP contribution in [0.25, 0.3) is 11.3 Å². The smallest absolute Gasteiger partial charge is 0.227 e. The van der Waals surface area contributed by atoms with E-state index in [4.69, 9.17) is 4.74 Å². The molecule has 1 aliphatic heterocycles. The van der Waals surface area contributed by atoms with Crippen LogP contribution in [0.3, 0.4) is 0 Å². The third-order valence-corrected chi connectivity index (χ3v) is 5.06. The number of hydrogen-bond acceptors (Lipinski definition) is 4. The van der Waals surface area contributed by atoms with Gasteiger partial charge in [0, 0.05) is 18.7 Å². The molecule has 0 aliphatic carbocycles. The summed E-state index contributed by atoms with van der Waals surface area (Å²) in [5.74, 6) is 0.982. The zero-order valence-corrected chi connectivity index (χ0v) is 16.0. The molecule has 6 heteroatoms. The van der Waals surface area contributed by atoms with Crippen molar-refractivity contribution in [3.05, 3.63) is 66.4 Å². The molecule has 1 atom stereocenters. The first-order valence-electron chi connectivity index (χ1n) is 9.69. The number of rotatable bonds is 6. The van der Waals surface area contributed by atoms with Crippen molar-refractivity contribution in [3.63, 3.8) is 0 Å². The molecule has 0 bridgehead atoms. The Kier molecular flexibility index (Phi) is 5.37. The van der Waals surface area contributed by atoms with Gasteiger partial charge in [-0.2, -0.15) is 0 Å². The third kappa shape index (κ3) is 4.06. The molecule has 2 heterocycles. The molecule has 0 spiro atoms. The number of carbonyl (C=O) groups is 1. The Hall–Kier alpha value is -3.15. The molecule has 2 aromatic carbocycles. The summed E-state index contributed by atoms with van der Waals surface area (Å²) < 4.78 is 7.35. The summed E-state index contributed by atoms with van der Waals surface area (Å²) in [5, 5.41) is 8.58. The summed E-state index contributed by atoms with van der Waals surface area (Å²) in [6.45, 7) is 4.02. The molecule has 1 saturated heterocycles. The molecular formula is C22H24N4O2. The topological polar surface area (TPSA) is 60.2 Å². The van der Waals surface area contributed by atoms with Crippen molar-refractivity contribution in [1.29, 1.82) is 0 Å². The van der Waals surface area contributed by atoms with Crippen LogP contribution in [0.1, 0.15) is 24.9 Å². The van der Waals surface area contributed by atoms with Gasteiger partial charge >= 0.3 is 0 Å². The monoisotopic (exact) mass is 376 g/mol. The summed E-state index contributed by atoms with van der Waals surface area (Å²) in [6, 6.07) is 17.9. The Bertz CT molecular complexity index is 921. The quantitative estimate of drug-likeness (QED) is 0.662. The minimum Gasteiger partial charge on any atom is -0.494 e. The van der Waals surface area contributed by atoms with E-state index in [2.05, 4.69) is 10.3 Å². The highest BCUT2D eigenvalue weighted by molar-refractivity contribution is 5.79. The van der Waals surface area contributed by atoms with Gasteiger partial charge in [-0.05, 0) is 31.0 Å². The lowest BCUT2D eigenvalue weighted by molar-refractivity contribution is -0.129. The number of aromatic nitrogens is 3. The largest absolute Gasteiger partial charge is 0.494 e. The number of carbonyl (C=O) groups excluding carboxylic acids is 1. The van der Waals surface area contributed by atoms with Gasteiger partial charge in [0.15, 0.2) is 0 Å². The molecular weight excluding hydrogens is 352 g/mol. The molecule has 28 heavy (non-hydrogen) atoms. The van der Waals surface area contributed by atoms with Gasteiger partial charge in [0.1, 0.15) is 11.4 Å². The van der Waals surface area contributed by atoms with Gasteiger partial charge in [0.25, 0.3) is 0 Å². The van der Waals surface area contributed by atoms with E-state index in [1.54, 1.807) is 0 Å². The summed E-state index contributed by atoms with van der Waals surface area (Å²) in [7, 11) is 0. The number of benzene rings is 2. The number of ether oxygens (including phenoxy) is 1. The highest BCUT2D eigenvalue weighted by Gasteiger charge is 2.28. The maximum absolute atomic E-state index is 12.7. The van der Waals surface area contributed by atoms with Crippen LogP contribution in [-0.2, 0) is 11.2 Å². The van der Waals surface area contributed by atoms with Gasteiger partial charge in [-0.1, -0.05) is 47.7 Å². The lowest BCUT2D eigenvalue weighted by Crippen LogP contribution is -2.30. The number of likely N-dealkylation sites (tertiary alicyclic amines) is 1. The molecule has 1 unspecified atom stereocenters. The van der Waals surface area contributed by atoms with E-state index in [0.29, 0.717) is 19.6 Å². The summed E-state index contributed by atoms with van der Waals surface area (Å²) >= 11 is 0. The van der Waals surface area contributed by atoms with Crippen LogP contribution in [0.4, 0.5) is 0 Å². The second-order valence-electron chi connectivity index (χ2n) is 6.99. The lowest BCUT2D eigenvalue weighted by Gasteiger charge is -2.16. The fraction of sp³-hybridized carbons (Fsp3) is 0.318. The normalized spacial score (nSPS) is 16.3. The molecule has 1 aliphatic rings. The number of amides is 1. The molecule has 3 aromatic rings. The van der Waals surface area contributed by atoms with Crippen molar-refractivity contribution in [2.75, 3.05) is 19.7 Å². The van der Waals surface area contributed by atoms with Gasteiger partial charge in [0.2, 0.25) is 5.91 Å². The first kappa shape index (κ1) is 18.2. The minimum atomic E-state index is 0.148. The molecule has 1 aromatic heterocycles. The summed E-state index contributed by atoms with van der Waals surface area (Å²) in [5.41, 5.74) is 2.92. The number of nitrogens with zero attached hydrogens (tertiary/aromatic N) is 4. The first-order chi connectivity index (χ1) is 13.7. The summed E-state index contributed by atoms with van der Waals surface area (Å²) in [6.07, 6.45) is 3.28. The SMILES string of the molecule is CCOc1ccc(CC(=O)N2CCC(n3cc(-c4ccccc4)nn3)C2)cc1. The van der Waals surface area contributed by atoms with Gasteiger partial charge in [-0.25, -0.2) is 4.68 Å². The molecule has 0 radical (unpaired) electrons. The first-order valence-corrected chi connectivity index (χ1v) is 9.69. The summed E-state index contributed by atoms with van der Waals surface area (Å²) in [4.78, 5) is 14.6. The lowest BCUT2D eigenvalue weighted by atomic mass is 10.1. The van der Waals surface area contributed by atoms with Crippen LogP contribution in [0.5, 0.6) is 5.75 Å². The molecule has 1 amide bonds. The van der Waals surface area contributed by atoms with Crippen LogP contribution in [0.2, 0.25) is 0 Å². The average molecular weight is 376 g/mol. The van der Waals surface area contributed by atoms with E-state index in [0.717, 1.165) is 35.5 Å². The van der Waals surface area contributed by atoms with Crippen LogP contribution >= 0.6 is 0 Å². The highest BCUT2D eigenvalue weighted by Crippen LogP contribution is 2.24. The Morgan fingerprint density at radius 1 is 1.14 bits per heavy atom. The van der Waals surface area contributed by atoms with E-state index >= 15 is 0 Å². The zero-order chi connectivity index (χ0) is 19.3. The maximum atomic E-state index is 12.7. The van der Waals surface area contributed by atoms with Gasteiger partial charge < -0.3 is 9.64 Å². The van der Waals surface area contributed by atoms with E-state index in [1.165, 1.54) is 0 Å². The third-order valence-electron chi connectivity index (χ3n) is 5.06. The zero-order valence-electron chi connectivity index (χ0n) is 16.0. The maximum Gasteiger partial charge on any atom is 0.227 e. The van der Waals surface area contributed by atoms with E-state index in [-0.39, 0.29) is 11.9 Å². The minimum absolute atomic E-state index is 0.148. The molecule has 0 saturated carbocycles. The van der Waals surface area contributed by atoms with Crippen LogP contribution < -0.4 is 4.74 Å². The Labute approximate surface area is 164 Å². The Morgan fingerprint density at radius 2 is 1.93 bits per heavy atom. The van der Waals surface area contributed by atoms with E-state index in [9.17, 15) is 4.79 Å². The molecule has 0 N–H and O–H groups in total. The fourth-order valence-electron chi connectivity index (χ4n) is 3.54. The standard InChI is InChI=1S/C22H24N4O2/c1-2-28-20-10-8-17(9-11-20)14-22(27)25-13-12-19(15-25)26-16-21(23-24-26)18-6-4-3-5-7-18/h3-11,16,19H,2,12-15H2,1H3. The van der Waals surface area contributed by atoms with Crippen molar-refractivity contribution in [1.82, 2.24) is 19.9 Å². The fourth-order valence-corrected chi connectivity index (χ4v) is 3.54. The molecule has 4 rings (SSSR count). The van der Waals surface area contributed by atoms with Gasteiger partial charge in [-0.15, -0.1) is 5.10 Å². The van der Waals surface area contributed by atoms with Crippen LogP contribution in [-0.4, -0.2) is 45.5 Å². The average Bonchev–Trinajstić information content (AvgIpc) is 3.40. The Balaban J connectivity index is 1.36. The van der Waals surface area contributed by atoms with Gasteiger partial charge in [0.05, 0.1) is 25.3 Å². The molecule has 6 nitrogen and oxygen atoms in total. The van der Waals surface area contributed by atoms with E-state index < -0.39 is 0 Å². The van der Waals surface area contributed by atoms with Crippen molar-refractivity contribution < 1.29 is 9.53 Å². The van der Waals surface area contributed by atoms with E-state index in [1.807, 2.05) is 77.3 Å². The van der Waals surface area contributed by atoms with Crippen molar-refractivity contribution in [3.8, 4) is 17.0 Å². The van der Waals surface area contributed by atoms with Crippen LogP contribution in [0.15, 0.2) is 60.8 Å². The molecule has 1 fully saturated rings. The predicted octanol–water partition coefficient (Wildman–Crippen LogP) is 3.36. The Morgan fingerprint density at radius 3 is 2.68 bits per heavy atom. The second-order valence-corrected chi connectivity index (χ2v) is 6.99. The van der Waals surface area contributed by atoms with Crippen molar-refractivity contribution in [2.24, 2.45) is 0 Å². The second kappa shape index (κ2) is 8.25. The highest BCUT2D eigenvalue weighted by atomic mass is 16.5. The van der Waals surface area contributed by atoms with Gasteiger partial charge in [-0.3, -0.25) is 4.79 Å². The van der Waals surface area contributed by atoms with Crippen molar-refractivity contribution >= 4 is 5.91 Å². The van der Waals surface area contributed by atoms with Crippen LogP contribution in [0, 0.1) is 0 Å². The predicted molar refractivity (Wildman–Crippen MR) is 107 cm³/mol. The molecule has 144 valence electrons.